The van der Waals surface area contributed by atoms with Gasteiger partial charge < -0.3 is 6.55 Å². The van der Waals surface area contributed by atoms with Crippen molar-refractivity contribution in [3.63, 3.8) is 0 Å². The molecule has 0 fully saturated rings. The monoisotopic (exact) mass is 339 g/mol. The van der Waals surface area contributed by atoms with Crippen molar-refractivity contribution in [2.75, 3.05) is 0 Å². The van der Waals surface area contributed by atoms with E-state index in [0.29, 0.717) is 0 Å². The van der Waals surface area contributed by atoms with Gasteiger partial charge in [0.1, 0.15) is 0 Å². The molecule has 3 heteroatoms. The molecule has 0 heterocycles. The van der Waals surface area contributed by atoms with Crippen LogP contribution in [0.4, 0.5) is 0 Å². The second-order valence-corrected chi connectivity index (χ2v) is 7.68. The molecular formula is C4H11AmBSi-. The summed E-state index contributed by atoms with van der Waals surface area (Å²) in [7, 11) is -0.861. The standard InChI is InChI=1S/C4H11Si.Am.B/c1-5(2,3)4;;/h1H2,2-4H3;;/q-1;;. The summed E-state index contributed by atoms with van der Waals surface area (Å²) in [5, 5.41) is 0. The zero-order valence-corrected chi connectivity index (χ0v) is 9.31. The van der Waals surface area contributed by atoms with E-state index >= 15 is 0 Å². The zero-order valence-electron chi connectivity index (χ0n) is 5.16. The molecule has 7 heavy (non-hydrogen) atoms. The van der Waals surface area contributed by atoms with Crippen LogP contribution in [-0.4, -0.2) is 16.5 Å². The Morgan fingerprint density at radius 2 is 1.14 bits per heavy atom. The van der Waals surface area contributed by atoms with Crippen LogP contribution in [0, 0.1) is 20.8 Å². The molecule has 0 aliphatic rings. The molecule has 0 amide bonds. The van der Waals surface area contributed by atoms with Crippen LogP contribution in [-0.2, 0) is 0 Å². The molecule has 0 aromatic heterocycles. The fourth-order valence-corrected chi connectivity index (χ4v) is 0. The molecule has 0 aromatic carbocycles. The van der Waals surface area contributed by atoms with Crippen LogP contribution in [0.3, 0.4) is 0 Å². The molecule has 0 nitrogen and oxygen atoms in total. The molecule has 0 saturated heterocycles. The van der Waals surface area contributed by atoms with Crippen molar-refractivity contribution in [2.24, 2.45) is 0 Å². The topological polar surface area (TPSA) is 0 Å². The summed E-state index contributed by atoms with van der Waals surface area (Å²) in [5.74, 6) is 0. The summed E-state index contributed by atoms with van der Waals surface area (Å²) >= 11 is 0. The Morgan fingerprint density at radius 3 is 1.14 bits per heavy atom. The summed E-state index contributed by atoms with van der Waals surface area (Å²) in [6, 6.07) is 0. The summed E-state index contributed by atoms with van der Waals surface area (Å²) in [6.45, 7) is 10.6. The molecule has 42 valence electrons. The van der Waals surface area contributed by atoms with E-state index in [2.05, 4.69) is 26.2 Å². The van der Waals surface area contributed by atoms with Gasteiger partial charge >= 0.3 is 0 Å². The van der Waals surface area contributed by atoms with Crippen molar-refractivity contribution in [3.8, 4) is 0 Å². The van der Waals surface area contributed by atoms with Crippen LogP contribution in [0.2, 0.25) is 19.6 Å². The number of rotatable bonds is 0. The van der Waals surface area contributed by atoms with Crippen LogP contribution >= 0.6 is 0 Å². The normalized spacial score (nSPS) is 8.57. The fourth-order valence-electron chi connectivity index (χ4n) is 0. The number of hydrogen-bond acceptors (Lipinski definition) is 0. The molecule has 0 aromatic rings. The van der Waals surface area contributed by atoms with Gasteiger partial charge in [-0.3, -0.25) is 0 Å². The van der Waals surface area contributed by atoms with Crippen LogP contribution in [0.1, 0.15) is 0 Å². The average molecular weight is 341 g/mol. The van der Waals surface area contributed by atoms with Crippen molar-refractivity contribution in [3.05, 3.63) is 6.55 Å². The third kappa shape index (κ3) is 323. The Kier molecular flexibility index (Phi) is 10.8. The molecule has 0 saturated carbocycles. The molecule has 0 aliphatic heterocycles. The minimum absolute atomic E-state index is 0. The SMILES string of the molecule is [Am].[B].[CH2-][Si](C)(C)C. The third-order valence-corrected chi connectivity index (χ3v) is 0. The minimum atomic E-state index is -0.861. The number of hydrogen-bond donors (Lipinski definition) is 0. The second kappa shape index (κ2) is 4.82. The van der Waals surface area contributed by atoms with Crippen molar-refractivity contribution in [1.29, 1.82) is 0 Å². The van der Waals surface area contributed by atoms with E-state index in [9.17, 15) is 0 Å². The van der Waals surface area contributed by atoms with Gasteiger partial charge in [-0.1, -0.05) is 19.6 Å². The van der Waals surface area contributed by atoms with Crippen LogP contribution in [0.25, 0.3) is 0 Å². The van der Waals surface area contributed by atoms with Gasteiger partial charge in [0.15, 0.2) is 0 Å². The van der Waals surface area contributed by atoms with Gasteiger partial charge in [-0.05, 0) is 0 Å². The van der Waals surface area contributed by atoms with Gasteiger partial charge in [0.2, 0.25) is 0 Å². The van der Waals surface area contributed by atoms with Crippen molar-refractivity contribution >= 4 is 16.5 Å². The molecule has 0 atom stereocenters. The molecule has 0 unspecified atom stereocenters. The van der Waals surface area contributed by atoms with Crippen molar-refractivity contribution < 1.29 is 14.3 Å². The molecule has 4 radical (unpaired) electrons. The molecule has 0 rings (SSSR count). The first-order valence-corrected chi connectivity index (χ1v) is 5.56. The van der Waals surface area contributed by atoms with E-state index in [1.165, 1.54) is 0 Å². The van der Waals surface area contributed by atoms with E-state index in [1.807, 2.05) is 0 Å². The largest absolute Gasteiger partial charge is 0.342 e. The maximum Gasteiger partial charge on any atom is 0 e. The van der Waals surface area contributed by atoms with Crippen LogP contribution in [0.5, 0.6) is 0 Å². The van der Waals surface area contributed by atoms with E-state index in [-0.39, 0.29) is 22.7 Å². The van der Waals surface area contributed by atoms with Crippen LogP contribution < -0.4 is 0 Å². The van der Waals surface area contributed by atoms with E-state index < -0.39 is 8.07 Å². The summed E-state index contributed by atoms with van der Waals surface area (Å²) in [6.07, 6.45) is 0. The summed E-state index contributed by atoms with van der Waals surface area (Å²) in [5.41, 5.74) is 0. The van der Waals surface area contributed by atoms with E-state index in [1.54, 1.807) is 0 Å². The molecule has 0 N–H and O–H groups in total. The van der Waals surface area contributed by atoms with Gasteiger partial charge in [-0.2, -0.15) is 0 Å². The first-order valence-electron chi connectivity index (χ1n) is 1.85. The Labute approximate surface area is 57.5 Å². The zero-order chi connectivity index (χ0) is 4.50. The van der Waals surface area contributed by atoms with Crippen molar-refractivity contribution in [2.45, 2.75) is 19.6 Å². The Hall–Kier alpha value is 0.671. The van der Waals surface area contributed by atoms with Crippen molar-refractivity contribution in [1.82, 2.24) is 0 Å². The predicted molar refractivity (Wildman–Crippen MR) is 34.5 cm³/mol. The van der Waals surface area contributed by atoms with Gasteiger partial charge in [0.25, 0.3) is 0 Å². The first-order chi connectivity index (χ1) is 2.00. The molecular weight excluding hydrogens is 330 g/mol. The quantitative estimate of drug-likeness (QED) is 0.461. The minimum Gasteiger partial charge on any atom is -0.342 e. The van der Waals surface area contributed by atoms with E-state index in [4.69, 9.17) is 0 Å². The second-order valence-electron chi connectivity index (χ2n) is 2.56. The average Bonchev–Trinajstić information content (AvgIpc) is 0.722. The predicted octanol–water partition coefficient (Wildman–Crippen LogP) is 1.32. The van der Waals surface area contributed by atoms with Gasteiger partial charge in [0.05, 0.1) is 0 Å². The molecule has 0 bridgehead atoms. The third-order valence-electron chi connectivity index (χ3n) is 0. The van der Waals surface area contributed by atoms with E-state index in [0.717, 1.165) is 0 Å². The van der Waals surface area contributed by atoms with Gasteiger partial charge in [0, 0.05) is 22.7 Å². The van der Waals surface area contributed by atoms with Gasteiger partial charge in [-0.15, -0.1) is 8.07 Å². The first kappa shape index (κ1) is 15.6. The Bertz CT molecular complexity index is 27.2. The summed E-state index contributed by atoms with van der Waals surface area (Å²) < 4.78 is 0. The molecule has 0 aliphatic carbocycles. The summed E-state index contributed by atoms with van der Waals surface area (Å²) in [4.78, 5) is 0. The maximum atomic E-state index is 3.91. The Morgan fingerprint density at radius 1 is 1.14 bits per heavy atom. The fraction of sp³-hybridized carbons (Fsp3) is 0.750. The molecule has 0 spiro atoms. The Balaban J connectivity index is -0.0000000800. The van der Waals surface area contributed by atoms with Gasteiger partial charge in [-0.25, -0.2) is 0 Å². The van der Waals surface area contributed by atoms with Crippen LogP contribution in [0.15, 0.2) is 0 Å². The smallest absolute Gasteiger partial charge is 0 e. The maximum absolute atomic E-state index is 3.91.